The molecule has 1 aromatic carbocycles. The number of pyridine rings is 1. The topological polar surface area (TPSA) is 124 Å². The van der Waals surface area contributed by atoms with Crippen LogP contribution in [0.2, 0.25) is 0 Å². The number of nitrogens with zero attached hydrogens (tertiary/aromatic N) is 2. The van der Waals surface area contributed by atoms with Gasteiger partial charge < -0.3 is 10.5 Å². The van der Waals surface area contributed by atoms with Crippen molar-refractivity contribution in [2.75, 3.05) is 0 Å². The van der Waals surface area contributed by atoms with Crippen molar-refractivity contribution >= 4 is 27.5 Å². The van der Waals surface area contributed by atoms with Gasteiger partial charge in [0, 0.05) is 41.2 Å². The van der Waals surface area contributed by atoms with E-state index in [1.165, 1.54) is 11.3 Å². The van der Waals surface area contributed by atoms with E-state index in [1.807, 2.05) is 45.0 Å². The number of hydrogen-bond donors (Lipinski definition) is 2. The molecule has 3 N–H and O–H groups in total. The smallest absolute Gasteiger partial charge is 0.404 e. The molecule has 0 unspecified atom stereocenters. The second kappa shape index (κ2) is 10.0. The summed E-state index contributed by atoms with van der Waals surface area (Å²) in [5.41, 5.74) is 6.73. The van der Waals surface area contributed by atoms with E-state index >= 15 is 0 Å². The first-order valence-electron chi connectivity index (χ1n) is 11.5. The van der Waals surface area contributed by atoms with Gasteiger partial charge in [-0.15, -0.1) is 11.3 Å². The molecule has 4 rings (SSSR count). The largest absolute Gasteiger partial charge is 0.446 e. The Labute approximate surface area is 210 Å². The van der Waals surface area contributed by atoms with E-state index in [4.69, 9.17) is 10.5 Å². The monoisotopic (exact) mass is 514 g/mol. The van der Waals surface area contributed by atoms with Gasteiger partial charge in [0.25, 0.3) is 0 Å². The predicted molar refractivity (Wildman–Crippen MR) is 137 cm³/mol. The lowest BCUT2D eigenvalue weighted by atomic mass is 9.88. The highest BCUT2D eigenvalue weighted by Gasteiger charge is 2.29. The van der Waals surface area contributed by atoms with Crippen LogP contribution in [0.25, 0.3) is 21.6 Å². The first-order valence-corrected chi connectivity index (χ1v) is 13.8. The third kappa shape index (κ3) is 6.25. The number of rotatable bonds is 6. The van der Waals surface area contributed by atoms with Crippen molar-refractivity contribution in [3.05, 3.63) is 53.9 Å². The molecule has 1 fully saturated rings. The van der Waals surface area contributed by atoms with E-state index in [-0.39, 0.29) is 16.9 Å². The van der Waals surface area contributed by atoms with Crippen molar-refractivity contribution in [1.82, 2.24) is 14.7 Å². The number of amides is 1. The Morgan fingerprint density at radius 3 is 2.49 bits per heavy atom. The maximum Gasteiger partial charge on any atom is 0.404 e. The number of nitrogens with two attached hydrogens (primary N) is 1. The molecule has 1 amide bonds. The highest BCUT2D eigenvalue weighted by molar-refractivity contribution is 7.89. The van der Waals surface area contributed by atoms with Crippen molar-refractivity contribution in [3.8, 4) is 21.6 Å². The summed E-state index contributed by atoms with van der Waals surface area (Å²) >= 11 is 1.51. The molecule has 0 radical (unpaired) electrons. The van der Waals surface area contributed by atoms with Gasteiger partial charge in [-0.3, -0.25) is 4.98 Å². The van der Waals surface area contributed by atoms with E-state index in [2.05, 4.69) is 14.7 Å². The van der Waals surface area contributed by atoms with Crippen LogP contribution in [0.4, 0.5) is 4.79 Å². The molecule has 1 aliphatic rings. The minimum atomic E-state index is -3.81. The second-order valence-corrected chi connectivity index (χ2v) is 12.5. The van der Waals surface area contributed by atoms with E-state index < -0.39 is 21.7 Å². The quantitative estimate of drug-likeness (QED) is 0.473. The summed E-state index contributed by atoms with van der Waals surface area (Å²) in [5, 5.41) is 0.959. The predicted octanol–water partition coefficient (Wildman–Crippen LogP) is 5.07. The minimum absolute atomic E-state index is 0.150. The Kier molecular flexibility index (Phi) is 7.25. The molecule has 0 bridgehead atoms. The van der Waals surface area contributed by atoms with Crippen molar-refractivity contribution in [2.45, 2.75) is 68.9 Å². The lowest BCUT2D eigenvalue weighted by Gasteiger charge is -2.26. The number of benzene rings is 1. The van der Waals surface area contributed by atoms with Crippen molar-refractivity contribution < 1.29 is 17.9 Å². The van der Waals surface area contributed by atoms with Crippen LogP contribution in [0, 0.1) is 0 Å². The highest BCUT2D eigenvalue weighted by Crippen LogP contribution is 2.40. The van der Waals surface area contributed by atoms with Crippen LogP contribution in [0.15, 0.2) is 53.8 Å². The molecular formula is C25H30N4O4S2. The fourth-order valence-electron chi connectivity index (χ4n) is 4.31. The van der Waals surface area contributed by atoms with Gasteiger partial charge in [-0.1, -0.05) is 18.2 Å². The van der Waals surface area contributed by atoms with Crippen LogP contribution in [-0.2, 0) is 14.8 Å². The summed E-state index contributed by atoms with van der Waals surface area (Å²) in [7, 11) is -3.81. The number of nitrogens with one attached hydrogen (secondary N) is 1. The van der Waals surface area contributed by atoms with E-state index in [9.17, 15) is 13.2 Å². The number of ether oxygens (including phenoxy) is 1. The highest BCUT2D eigenvalue weighted by atomic mass is 32.2. The number of carbonyl (C=O) groups excluding carboxylic acids is 1. The van der Waals surface area contributed by atoms with Crippen LogP contribution in [0.5, 0.6) is 0 Å². The number of sulfonamides is 1. The number of thiazole rings is 1. The lowest BCUT2D eigenvalue weighted by Crippen LogP contribution is -2.40. The van der Waals surface area contributed by atoms with Crippen molar-refractivity contribution in [2.24, 2.45) is 5.73 Å². The van der Waals surface area contributed by atoms with Gasteiger partial charge in [0.05, 0.1) is 14.8 Å². The molecule has 35 heavy (non-hydrogen) atoms. The summed E-state index contributed by atoms with van der Waals surface area (Å²) in [6.07, 6.45) is 7.40. The summed E-state index contributed by atoms with van der Waals surface area (Å²) in [5.74, 6) is 0.240. The number of hydrogen-bond acceptors (Lipinski definition) is 7. The average Bonchev–Trinajstić information content (AvgIpc) is 3.28. The molecule has 0 atom stereocenters. The minimum Gasteiger partial charge on any atom is -0.446 e. The third-order valence-corrected chi connectivity index (χ3v) is 8.79. The molecule has 2 heterocycles. The van der Waals surface area contributed by atoms with Crippen LogP contribution in [-0.4, -0.2) is 36.1 Å². The van der Waals surface area contributed by atoms with Gasteiger partial charge in [-0.2, -0.15) is 0 Å². The Hall–Kier alpha value is -2.82. The molecule has 0 spiro atoms. The first-order chi connectivity index (χ1) is 16.5. The zero-order chi connectivity index (χ0) is 25.2. The molecule has 10 heteroatoms. The fraction of sp³-hybridized carbons (Fsp3) is 0.400. The van der Waals surface area contributed by atoms with Gasteiger partial charge >= 0.3 is 6.09 Å². The van der Waals surface area contributed by atoms with Crippen LogP contribution < -0.4 is 10.5 Å². The SMILES string of the molecule is CC(C)(C)NS(=O)(=O)c1cc(-c2cccnc2)ccc1-c1cnc(C2CCC(OC(N)=O)CC2)s1. The summed E-state index contributed by atoms with van der Waals surface area (Å²) in [6, 6.07) is 9.18. The maximum atomic E-state index is 13.5. The Balaban J connectivity index is 1.67. The van der Waals surface area contributed by atoms with Gasteiger partial charge in [0.2, 0.25) is 10.0 Å². The molecule has 0 aliphatic heterocycles. The van der Waals surface area contributed by atoms with Crippen LogP contribution in [0.3, 0.4) is 0 Å². The molecule has 2 aromatic heterocycles. The third-order valence-electron chi connectivity index (χ3n) is 5.80. The van der Waals surface area contributed by atoms with Crippen molar-refractivity contribution in [3.63, 3.8) is 0 Å². The van der Waals surface area contributed by atoms with Crippen LogP contribution in [0.1, 0.15) is 57.4 Å². The summed E-state index contributed by atoms with van der Waals surface area (Å²) < 4.78 is 34.8. The number of carbonyl (C=O) groups is 1. The maximum absolute atomic E-state index is 13.5. The van der Waals surface area contributed by atoms with Crippen LogP contribution >= 0.6 is 11.3 Å². The normalized spacial score (nSPS) is 18.8. The molecule has 1 saturated carbocycles. The summed E-state index contributed by atoms with van der Waals surface area (Å²) in [4.78, 5) is 20.8. The van der Waals surface area contributed by atoms with Gasteiger partial charge in [0.1, 0.15) is 6.10 Å². The van der Waals surface area contributed by atoms with Gasteiger partial charge in [-0.25, -0.2) is 22.9 Å². The van der Waals surface area contributed by atoms with E-state index in [0.717, 1.165) is 46.7 Å². The standard InChI is InChI=1S/C25H30N4O4S2/c1-25(2,3)29-35(31,32)22-13-17(18-5-4-12-27-14-18)8-11-20(22)21-15-28-23(34-21)16-6-9-19(10-7-16)33-24(26)30/h4-5,8,11-16,19,29H,6-7,9-10H2,1-3H3,(H2,26,30). The Bertz CT molecular complexity index is 1290. The zero-order valence-corrected chi connectivity index (χ0v) is 21.7. The lowest BCUT2D eigenvalue weighted by molar-refractivity contribution is 0.0787. The molecule has 3 aromatic rings. The fourth-order valence-corrected chi connectivity index (χ4v) is 7.17. The average molecular weight is 515 g/mol. The van der Waals surface area contributed by atoms with Crippen molar-refractivity contribution in [1.29, 1.82) is 0 Å². The second-order valence-electron chi connectivity index (χ2n) is 9.78. The molecule has 8 nitrogen and oxygen atoms in total. The van der Waals surface area contributed by atoms with E-state index in [1.54, 1.807) is 24.7 Å². The van der Waals surface area contributed by atoms with Gasteiger partial charge in [0.15, 0.2) is 0 Å². The number of aromatic nitrogens is 2. The van der Waals surface area contributed by atoms with Gasteiger partial charge in [-0.05, 0) is 64.2 Å². The molecule has 0 saturated heterocycles. The summed E-state index contributed by atoms with van der Waals surface area (Å²) in [6.45, 7) is 5.45. The zero-order valence-electron chi connectivity index (χ0n) is 20.0. The Morgan fingerprint density at radius 2 is 1.86 bits per heavy atom. The van der Waals surface area contributed by atoms with E-state index in [0.29, 0.717) is 5.56 Å². The first kappa shape index (κ1) is 25.3. The molecule has 1 aliphatic carbocycles. The molecule has 186 valence electrons. The molecular weight excluding hydrogens is 484 g/mol. The Morgan fingerprint density at radius 1 is 1.11 bits per heavy atom. The number of primary amides is 1.